The minimum Gasteiger partial charge on any atom is -0.352 e. The molecule has 0 heterocycles. The maximum atomic E-state index is 12.2. The van der Waals surface area contributed by atoms with Crippen molar-refractivity contribution in [1.29, 1.82) is 0 Å². The molecule has 0 spiro atoms. The first-order valence-electron chi connectivity index (χ1n) is 8.33. The number of nitrogens with one attached hydrogen (secondary N) is 2. The Kier molecular flexibility index (Phi) is 7.20. The largest absolute Gasteiger partial charge is 0.352 e. The van der Waals surface area contributed by atoms with E-state index in [0.29, 0.717) is 10.6 Å². The van der Waals surface area contributed by atoms with E-state index in [1.807, 2.05) is 12.1 Å². The molecule has 1 amide bonds. The highest BCUT2D eigenvalue weighted by atomic mass is 35.5. The van der Waals surface area contributed by atoms with Crippen molar-refractivity contribution >= 4 is 27.5 Å². The van der Waals surface area contributed by atoms with Gasteiger partial charge in [0.1, 0.15) is 0 Å². The topological polar surface area (TPSA) is 75.3 Å². The van der Waals surface area contributed by atoms with Crippen molar-refractivity contribution in [2.24, 2.45) is 0 Å². The van der Waals surface area contributed by atoms with Crippen molar-refractivity contribution in [3.05, 3.63) is 70.2 Å². The number of carbonyl (C=O) groups is 1. The zero-order valence-corrected chi connectivity index (χ0v) is 16.4. The van der Waals surface area contributed by atoms with Crippen molar-refractivity contribution in [1.82, 2.24) is 10.0 Å². The lowest BCUT2D eigenvalue weighted by Crippen LogP contribution is -2.32. The van der Waals surface area contributed by atoms with Gasteiger partial charge in [0, 0.05) is 17.6 Å². The number of halogens is 1. The van der Waals surface area contributed by atoms with Gasteiger partial charge in [-0.15, -0.1) is 0 Å². The van der Waals surface area contributed by atoms with Gasteiger partial charge in [0.25, 0.3) is 0 Å². The summed E-state index contributed by atoms with van der Waals surface area (Å²) < 4.78 is 26.9. The van der Waals surface area contributed by atoms with E-state index in [1.165, 1.54) is 0 Å². The van der Waals surface area contributed by atoms with Gasteiger partial charge in [0.05, 0.1) is 12.2 Å². The minimum atomic E-state index is -3.42. The highest BCUT2D eigenvalue weighted by Crippen LogP contribution is 2.13. The zero-order valence-electron chi connectivity index (χ0n) is 14.8. The summed E-state index contributed by atoms with van der Waals surface area (Å²) in [6, 6.07) is 14.1. The Bertz CT molecular complexity index is 849. The van der Waals surface area contributed by atoms with Crippen molar-refractivity contribution < 1.29 is 13.2 Å². The van der Waals surface area contributed by atoms with E-state index in [4.69, 9.17) is 11.6 Å². The molecule has 0 radical (unpaired) electrons. The zero-order chi connectivity index (χ0) is 19.2. The average molecular weight is 395 g/mol. The van der Waals surface area contributed by atoms with Gasteiger partial charge in [-0.25, -0.2) is 13.1 Å². The quantitative estimate of drug-likeness (QED) is 0.722. The number of carbonyl (C=O) groups excluding carboxylic acids is 1. The molecule has 0 aliphatic rings. The lowest BCUT2D eigenvalue weighted by atomic mass is 10.1. The summed E-state index contributed by atoms with van der Waals surface area (Å²) in [5, 5.41) is 3.47. The number of rotatable bonds is 8. The van der Waals surface area contributed by atoms with Gasteiger partial charge >= 0.3 is 0 Å². The van der Waals surface area contributed by atoms with E-state index in [1.54, 1.807) is 50.2 Å². The van der Waals surface area contributed by atoms with Crippen LogP contribution in [0, 0.1) is 0 Å². The molecule has 7 heteroatoms. The van der Waals surface area contributed by atoms with Crippen LogP contribution in [0.4, 0.5) is 0 Å². The maximum Gasteiger partial charge on any atom is 0.224 e. The predicted octanol–water partition coefficient (Wildman–Crippen LogP) is 3.03. The summed E-state index contributed by atoms with van der Waals surface area (Å²) in [7, 11) is -3.42. The predicted molar refractivity (Wildman–Crippen MR) is 104 cm³/mol. The van der Waals surface area contributed by atoms with E-state index >= 15 is 0 Å². The van der Waals surface area contributed by atoms with E-state index in [2.05, 4.69) is 10.0 Å². The van der Waals surface area contributed by atoms with Crippen LogP contribution >= 0.6 is 11.6 Å². The number of benzene rings is 2. The molecule has 2 N–H and O–H groups in total. The Morgan fingerprint density at radius 2 is 1.65 bits per heavy atom. The van der Waals surface area contributed by atoms with Crippen LogP contribution in [0.5, 0.6) is 0 Å². The molecule has 140 valence electrons. The third kappa shape index (κ3) is 6.78. The van der Waals surface area contributed by atoms with Crippen LogP contribution in [0.15, 0.2) is 48.5 Å². The second-order valence-electron chi connectivity index (χ2n) is 6.38. The van der Waals surface area contributed by atoms with Gasteiger partial charge in [0.2, 0.25) is 15.9 Å². The Labute approximate surface area is 159 Å². The molecule has 0 bridgehead atoms. The van der Waals surface area contributed by atoms with Crippen LogP contribution < -0.4 is 10.0 Å². The Hall–Kier alpha value is -1.89. The highest BCUT2D eigenvalue weighted by molar-refractivity contribution is 7.88. The van der Waals surface area contributed by atoms with Crippen molar-refractivity contribution in [2.75, 3.05) is 0 Å². The first-order valence-corrected chi connectivity index (χ1v) is 10.4. The minimum absolute atomic E-state index is 0.117. The van der Waals surface area contributed by atoms with Crippen LogP contribution in [-0.2, 0) is 33.5 Å². The summed E-state index contributed by atoms with van der Waals surface area (Å²) in [5.41, 5.74) is 2.32. The molecule has 2 aromatic carbocycles. The third-order valence-electron chi connectivity index (χ3n) is 3.63. The molecule has 0 saturated carbocycles. The molecule has 0 unspecified atom stereocenters. The van der Waals surface area contributed by atoms with Crippen molar-refractivity contribution in [3.63, 3.8) is 0 Å². The lowest BCUT2D eigenvalue weighted by molar-refractivity contribution is -0.120. The maximum absolute atomic E-state index is 12.2. The van der Waals surface area contributed by atoms with Gasteiger partial charge in [0.15, 0.2) is 0 Å². The fourth-order valence-electron chi connectivity index (χ4n) is 2.52. The fraction of sp³-hybridized carbons (Fsp3) is 0.316. The van der Waals surface area contributed by atoms with E-state index < -0.39 is 10.0 Å². The fourth-order valence-corrected chi connectivity index (χ4v) is 4.14. The Morgan fingerprint density at radius 3 is 2.27 bits per heavy atom. The van der Waals surface area contributed by atoms with Gasteiger partial charge in [-0.2, -0.15) is 0 Å². The standard InChI is InChI=1S/C19H23ClN2O3S/c1-14(2)22-26(24,25)13-17-6-4-3-5-16(17)12-21-19(23)11-15-7-9-18(20)10-8-15/h3-10,14,22H,11-13H2,1-2H3,(H,21,23). The SMILES string of the molecule is CC(C)NS(=O)(=O)Cc1ccccc1CNC(=O)Cc1ccc(Cl)cc1. The average Bonchev–Trinajstić information content (AvgIpc) is 2.54. The monoisotopic (exact) mass is 394 g/mol. The third-order valence-corrected chi connectivity index (χ3v) is 5.41. The molecule has 0 fully saturated rings. The van der Waals surface area contributed by atoms with Gasteiger partial charge < -0.3 is 5.32 Å². The highest BCUT2D eigenvalue weighted by Gasteiger charge is 2.15. The van der Waals surface area contributed by atoms with E-state index in [9.17, 15) is 13.2 Å². The van der Waals surface area contributed by atoms with Crippen molar-refractivity contribution in [3.8, 4) is 0 Å². The van der Waals surface area contributed by atoms with Gasteiger partial charge in [-0.05, 0) is 42.7 Å². The number of amides is 1. The molecule has 0 aliphatic carbocycles. The second kappa shape index (κ2) is 9.16. The van der Waals surface area contributed by atoms with Crippen LogP contribution in [0.2, 0.25) is 5.02 Å². The van der Waals surface area contributed by atoms with Crippen LogP contribution in [0.25, 0.3) is 0 Å². The normalized spacial score (nSPS) is 11.5. The summed E-state index contributed by atoms with van der Waals surface area (Å²) in [6.45, 7) is 3.83. The second-order valence-corrected chi connectivity index (χ2v) is 8.57. The van der Waals surface area contributed by atoms with E-state index in [-0.39, 0.29) is 30.7 Å². The summed E-state index contributed by atoms with van der Waals surface area (Å²) >= 11 is 5.84. The summed E-state index contributed by atoms with van der Waals surface area (Å²) in [6.07, 6.45) is 0.243. The van der Waals surface area contributed by atoms with Crippen molar-refractivity contribution in [2.45, 2.75) is 38.6 Å². The number of hydrogen-bond acceptors (Lipinski definition) is 3. The number of sulfonamides is 1. The lowest BCUT2D eigenvalue weighted by Gasteiger charge is -2.13. The molecule has 0 atom stereocenters. The van der Waals surface area contributed by atoms with Crippen LogP contribution in [0.3, 0.4) is 0 Å². The Morgan fingerprint density at radius 1 is 1.04 bits per heavy atom. The molecule has 26 heavy (non-hydrogen) atoms. The summed E-state index contributed by atoms with van der Waals surface area (Å²) in [5.74, 6) is -0.251. The molecule has 0 saturated heterocycles. The summed E-state index contributed by atoms with van der Waals surface area (Å²) in [4.78, 5) is 12.1. The van der Waals surface area contributed by atoms with Crippen LogP contribution in [0.1, 0.15) is 30.5 Å². The van der Waals surface area contributed by atoms with E-state index in [0.717, 1.165) is 11.1 Å². The molecular weight excluding hydrogens is 372 g/mol. The van der Waals surface area contributed by atoms with Gasteiger partial charge in [-0.1, -0.05) is 48.0 Å². The Balaban J connectivity index is 1.99. The first kappa shape index (κ1) is 20.4. The van der Waals surface area contributed by atoms with Gasteiger partial charge in [-0.3, -0.25) is 4.79 Å². The first-order chi connectivity index (χ1) is 12.2. The molecule has 5 nitrogen and oxygen atoms in total. The molecule has 2 rings (SSSR count). The molecule has 0 aromatic heterocycles. The molecule has 0 aliphatic heterocycles. The smallest absolute Gasteiger partial charge is 0.224 e. The van der Waals surface area contributed by atoms with Crippen LogP contribution in [-0.4, -0.2) is 20.4 Å². The molecule has 2 aromatic rings. The molecular formula is C19H23ClN2O3S. The number of hydrogen-bond donors (Lipinski definition) is 2.